The molecule has 0 aliphatic carbocycles. The number of carboxylic acid groups (broad SMARTS) is 1. The quantitative estimate of drug-likeness (QED) is 0.526. The molecule has 0 fully saturated rings. The third kappa shape index (κ3) is 3.73. The van der Waals surface area contributed by atoms with Crippen molar-refractivity contribution >= 4 is 32.8 Å². The number of carbonyl (C=O) groups is 1. The van der Waals surface area contributed by atoms with Crippen LogP contribution in [0, 0.1) is 13.8 Å². The number of aliphatic hydroxyl groups is 2. The summed E-state index contributed by atoms with van der Waals surface area (Å²) in [5, 5.41) is 32.9. The van der Waals surface area contributed by atoms with Gasteiger partial charge in [-0.25, -0.2) is 4.79 Å². The zero-order valence-electron chi connectivity index (χ0n) is 15.4. The number of aryl methyl sites for hydroxylation is 1. The van der Waals surface area contributed by atoms with Crippen LogP contribution in [-0.2, 0) is 13.1 Å². The molecule has 9 heteroatoms. The fourth-order valence-corrected chi connectivity index (χ4v) is 3.42. The van der Waals surface area contributed by atoms with Crippen molar-refractivity contribution in [3.63, 3.8) is 0 Å². The number of fused-ring (bicyclic) bond motifs is 1. The molecule has 0 bridgehead atoms. The van der Waals surface area contributed by atoms with Gasteiger partial charge in [-0.05, 0) is 47.5 Å². The number of carboxylic acids is 1. The lowest BCUT2D eigenvalue weighted by atomic mass is 10.1. The lowest BCUT2D eigenvalue weighted by Crippen LogP contribution is -2.24. The Morgan fingerprint density at radius 1 is 1.32 bits per heavy atom. The van der Waals surface area contributed by atoms with E-state index in [4.69, 9.17) is 5.11 Å². The lowest BCUT2D eigenvalue weighted by molar-refractivity contribution is 0.0691. The van der Waals surface area contributed by atoms with Crippen molar-refractivity contribution in [3.05, 3.63) is 61.6 Å². The normalized spacial score (nSPS) is 12.5. The van der Waals surface area contributed by atoms with Gasteiger partial charge in [-0.1, -0.05) is 6.07 Å². The van der Waals surface area contributed by atoms with Crippen molar-refractivity contribution in [2.75, 3.05) is 6.61 Å². The van der Waals surface area contributed by atoms with Gasteiger partial charge in [-0.2, -0.15) is 5.10 Å². The number of aromatic nitrogens is 3. The topological polar surface area (TPSA) is 118 Å². The minimum absolute atomic E-state index is 0.0304. The molecule has 3 aromatic rings. The summed E-state index contributed by atoms with van der Waals surface area (Å²) in [4.78, 5) is 24.2. The van der Waals surface area contributed by atoms with E-state index in [0.29, 0.717) is 12.1 Å². The Morgan fingerprint density at radius 2 is 2.04 bits per heavy atom. The van der Waals surface area contributed by atoms with E-state index in [0.717, 1.165) is 21.4 Å². The molecular weight excluding hydrogens is 430 g/mol. The highest BCUT2D eigenvalue weighted by Gasteiger charge is 2.17. The average Bonchev–Trinajstić information content (AvgIpc) is 2.90. The lowest BCUT2D eigenvalue weighted by Gasteiger charge is -2.16. The molecule has 3 rings (SSSR count). The molecule has 1 aromatic carbocycles. The van der Waals surface area contributed by atoms with Gasteiger partial charge < -0.3 is 19.9 Å². The molecule has 0 amide bonds. The van der Waals surface area contributed by atoms with Gasteiger partial charge in [0, 0.05) is 11.6 Å². The van der Waals surface area contributed by atoms with Crippen molar-refractivity contribution in [3.8, 4) is 0 Å². The van der Waals surface area contributed by atoms with E-state index in [-0.39, 0.29) is 17.5 Å². The molecule has 0 spiro atoms. The van der Waals surface area contributed by atoms with Gasteiger partial charge in [0.05, 0.1) is 47.2 Å². The van der Waals surface area contributed by atoms with E-state index in [9.17, 15) is 19.8 Å². The largest absolute Gasteiger partial charge is 0.477 e. The number of aliphatic hydroxyl groups excluding tert-OH is 2. The molecular formula is C19H20BrN3O5. The molecule has 2 heterocycles. The second-order valence-corrected chi connectivity index (χ2v) is 7.45. The van der Waals surface area contributed by atoms with Crippen LogP contribution >= 0.6 is 15.9 Å². The van der Waals surface area contributed by atoms with Gasteiger partial charge in [0.25, 0.3) is 0 Å². The Bertz CT molecular complexity index is 1120. The highest BCUT2D eigenvalue weighted by molar-refractivity contribution is 9.10. The Labute approximate surface area is 168 Å². The standard InChI is InChI=1S/C19H20BrN3O5/c1-10-17(20)11(2)23(21-10)6-12-3-4-16-14(5-12)18(26)15(19(27)28)8-22(16)7-13(25)9-24/h3-5,8,13,24-25H,6-7,9H2,1-2H3,(H,27,28). The number of nitrogens with zero attached hydrogens (tertiary/aromatic N) is 3. The molecule has 0 saturated carbocycles. The molecule has 8 nitrogen and oxygen atoms in total. The van der Waals surface area contributed by atoms with Crippen molar-refractivity contribution in [1.29, 1.82) is 0 Å². The molecule has 2 aromatic heterocycles. The fourth-order valence-electron chi connectivity index (χ4n) is 3.13. The van der Waals surface area contributed by atoms with Crippen LogP contribution in [0.3, 0.4) is 0 Å². The third-order valence-corrected chi connectivity index (χ3v) is 5.77. The molecule has 0 aliphatic heterocycles. The Kier molecular flexibility index (Phi) is 5.69. The number of hydrogen-bond acceptors (Lipinski definition) is 5. The summed E-state index contributed by atoms with van der Waals surface area (Å²) >= 11 is 3.48. The first-order valence-corrected chi connectivity index (χ1v) is 9.40. The van der Waals surface area contributed by atoms with Gasteiger partial charge in [-0.15, -0.1) is 0 Å². The minimum Gasteiger partial charge on any atom is -0.477 e. The number of rotatable bonds is 6. The second-order valence-electron chi connectivity index (χ2n) is 6.66. The monoisotopic (exact) mass is 449 g/mol. The zero-order valence-corrected chi connectivity index (χ0v) is 17.0. The van der Waals surface area contributed by atoms with Crippen LogP contribution in [0.1, 0.15) is 27.3 Å². The Hall–Kier alpha value is -2.49. The average molecular weight is 450 g/mol. The minimum atomic E-state index is -1.34. The zero-order chi connectivity index (χ0) is 20.6. The maximum Gasteiger partial charge on any atom is 0.341 e. The predicted molar refractivity (Wildman–Crippen MR) is 107 cm³/mol. The summed E-state index contributed by atoms with van der Waals surface area (Å²) in [7, 11) is 0. The van der Waals surface area contributed by atoms with E-state index in [1.807, 2.05) is 19.9 Å². The van der Waals surface area contributed by atoms with Crippen LogP contribution in [0.4, 0.5) is 0 Å². The third-order valence-electron chi connectivity index (χ3n) is 4.62. The van der Waals surface area contributed by atoms with Gasteiger partial charge in [0.1, 0.15) is 5.56 Å². The number of pyridine rings is 1. The molecule has 1 atom stereocenters. The first-order valence-electron chi connectivity index (χ1n) is 8.60. The molecule has 148 valence electrons. The van der Waals surface area contributed by atoms with Crippen molar-refractivity contribution < 1.29 is 20.1 Å². The predicted octanol–water partition coefficient (Wildman–Crippen LogP) is 1.68. The first kappa shape index (κ1) is 20.2. The van der Waals surface area contributed by atoms with E-state index in [2.05, 4.69) is 21.0 Å². The van der Waals surface area contributed by atoms with Gasteiger partial charge in [-0.3, -0.25) is 9.48 Å². The molecule has 0 aliphatic rings. The van der Waals surface area contributed by atoms with E-state index in [1.54, 1.807) is 16.8 Å². The molecule has 3 N–H and O–H groups in total. The Morgan fingerprint density at radius 3 is 2.61 bits per heavy atom. The van der Waals surface area contributed by atoms with Crippen molar-refractivity contribution in [1.82, 2.24) is 14.3 Å². The van der Waals surface area contributed by atoms with Crippen LogP contribution in [0.5, 0.6) is 0 Å². The molecule has 28 heavy (non-hydrogen) atoms. The number of halogens is 1. The number of aromatic carboxylic acids is 1. The van der Waals surface area contributed by atoms with Crippen molar-refractivity contribution in [2.24, 2.45) is 0 Å². The highest BCUT2D eigenvalue weighted by Crippen LogP contribution is 2.22. The summed E-state index contributed by atoms with van der Waals surface area (Å²) in [6.45, 7) is 3.73. The second kappa shape index (κ2) is 7.86. The SMILES string of the molecule is Cc1nn(Cc2ccc3c(c2)c(=O)c(C(=O)O)cn3CC(O)CO)c(C)c1Br. The first-order chi connectivity index (χ1) is 13.2. The van der Waals surface area contributed by atoms with E-state index >= 15 is 0 Å². The molecule has 0 radical (unpaired) electrons. The van der Waals surface area contributed by atoms with Crippen LogP contribution in [0.25, 0.3) is 10.9 Å². The smallest absolute Gasteiger partial charge is 0.341 e. The maximum atomic E-state index is 12.7. The summed E-state index contributed by atoms with van der Waals surface area (Å²) in [5.41, 5.74) is 2.10. The van der Waals surface area contributed by atoms with Crippen molar-refractivity contribution in [2.45, 2.75) is 33.0 Å². The van der Waals surface area contributed by atoms with E-state index < -0.39 is 24.1 Å². The van der Waals surface area contributed by atoms with Gasteiger partial charge in [0.15, 0.2) is 0 Å². The summed E-state index contributed by atoms with van der Waals surface area (Å²) in [6.07, 6.45) is 0.128. The fraction of sp³-hybridized carbons (Fsp3) is 0.316. The number of hydrogen-bond donors (Lipinski definition) is 3. The van der Waals surface area contributed by atoms with Gasteiger partial charge >= 0.3 is 5.97 Å². The van der Waals surface area contributed by atoms with Crippen LogP contribution in [-0.4, -0.2) is 48.3 Å². The Balaban J connectivity index is 2.13. The van der Waals surface area contributed by atoms with Crippen LogP contribution < -0.4 is 5.43 Å². The highest BCUT2D eigenvalue weighted by atomic mass is 79.9. The van der Waals surface area contributed by atoms with Crippen LogP contribution in [0.15, 0.2) is 33.7 Å². The summed E-state index contributed by atoms with van der Waals surface area (Å²) < 4.78 is 4.20. The molecule has 0 saturated heterocycles. The van der Waals surface area contributed by atoms with E-state index in [1.165, 1.54) is 10.8 Å². The maximum absolute atomic E-state index is 12.7. The number of benzene rings is 1. The molecule has 1 unspecified atom stereocenters. The van der Waals surface area contributed by atoms with Crippen LogP contribution in [0.2, 0.25) is 0 Å². The summed E-state index contributed by atoms with van der Waals surface area (Å²) in [6, 6.07) is 5.19. The van der Waals surface area contributed by atoms with Gasteiger partial charge in [0.2, 0.25) is 5.43 Å². The summed E-state index contributed by atoms with van der Waals surface area (Å²) in [5.74, 6) is -1.34.